The smallest absolute Gasteiger partial charge is 0.235 e. The van der Waals surface area contributed by atoms with Gasteiger partial charge < -0.3 is 13.9 Å². The summed E-state index contributed by atoms with van der Waals surface area (Å²) < 4.78 is 17.2. The molecule has 0 aliphatic rings. The number of rotatable bonds is 7. The van der Waals surface area contributed by atoms with Crippen LogP contribution >= 0.6 is 15.9 Å². The van der Waals surface area contributed by atoms with Crippen molar-refractivity contribution in [3.05, 3.63) is 58.3 Å². The Hall–Kier alpha value is -2.27. The number of benzene rings is 2. The number of alkyl halides is 1. The van der Waals surface area contributed by atoms with E-state index in [2.05, 4.69) is 15.9 Å². The van der Waals surface area contributed by atoms with Gasteiger partial charge in [-0.3, -0.25) is 4.79 Å². The molecular weight excluding hydrogens is 396 g/mol. The number of hydrogen-bond acceptors (Lipinski definition) is 4. The van der Waals surface area contributed by atoms with E-state index in [1.807, 2.05) is 31.2 Å². The summed E-state index contributed by atoms with van der Waals surface area (Å²) in [6.07, 6.45) is 1.84. The number of unbranched alkanes of at least 4 members (excludes halogenated alkanes) is 1. The standard InChI is InChI=1S/C21H21BrO4/c1-14-5-7-15(8-6-14)20-21(25-12-4-3-11-22)19(23)17-10-9-16(24-2)13-18(17)26-20/h5-10,13H,3-4,11-12H2,1-2H3. The lowest BCUT2D eigenvalue weighted by Gasteiger charge is -2.12. The lowest BCUT2D eigenvalue weighted by atomic mass is 10.1. The van der Waals surface area contributed by atoms with Gasteiger partial charge in [0.25, 0.3) is 0 Å². The van der Waals surface area contributed by atoms with E-state index in [1.165, 1.54) is 0 Å². The maximum atomic E-state index is 13.0. The van der Waals surface area contributed by atoms with Gasteiger partial charge in [0.1, 0.15) is 11.3 Å². The third-order valence-electron chi connectivity index (χ3n) is 4.15. The van der Waals surface area contributed by atoms with Gasteiger partial charge in [0.05, 0.1) is 19.1 Å². The van der Waals surface area contributed by atoms with Crippen LogP contribution in [0.4, 0.5) is 0 Å². The minimum Gasteiger partial charge on any atom is -0.497 e. The third kappa shape index (κ3) is 3.93. The fourth-order valence-corrected chi connectivity index (χ4v) is 3.08. The van der Waals surface area contributed by atoms with Crippen LogP contribution in [0.15, 0.2) is 51.7 Å². The molecule has 5 heteroatoms. The maximum absolute atomic E-state index is 13.0. The van der Waals surface area contributed by atoms with Gasteiger partial charge in [-0.15, -0.1) is 0 Å². The van der Waals surface area contributed by atoms with E-state index in [4.69, 9.17) is 13.9 Å². The summed E-state index contributed by atoms with van der Waals surface area (Å²) in [5.74, 6) is 1.36. The lowest BCUT2D eigenvalue weighted by molar-refractivity contribution is 0.302. The fraction of sp³-hybridized carbons (Fsp3) is 0.286. The summed E-state index contributed by atoms with van der Waals surface area (Å²) in [4.78, 5) is 13.0. The molecule has 0 atom stereocenters. The molecule has 0 N–H and O–H groups in total. The second kappa shape index (κ2) is 8.41. The summed E-state index contributed by atoms with van der Waals surface area (Å²) in [5.41, 5.74) is 2.27. The number of methoxy groups -OCH3 is 1. The molecule has 0 aliphatic heterocycles. The molecule has 2 aromatic carbocycles. The van der Waals surface area contributed by atoms with Gasteiger partial charge >= 0.3 is 0 Å². The van der Waals surface area contributed by atoms with E-state index in [0.29, 0.717) is 29.1 Å². The van der Waals surface area contributed by atoms with Crippen LogP contribution in [0.2, 0.25) is 0 Å². The van der Waals surface area contributed by atoms with Crippen molar-refractivity contribution in [3.63, 3.8) is 0 Å². The Bertz CT molecular complexity index is 945. The summed E-state index contributed by atoms with van der Waals surface area (Å²) in [7, 11) is 1.58. The average molecular weight is 417 g/mol. The molecular formula is C21H21BrO4. The molecule has 0 saturated carbocycles. The monoisotopic (exact) mass is 416 g/mol. The molecule has 3 rings (SSSR count). The van der Waals surface area contributed by atoms with E-state index >= 15 is 0 Å². The van der Waals surface area contributed by atoms with Crippen LogP contribution in [-0.2, 0) is 0 Å². The minimum atomic E-state index is -0.164. The summed E-state index contributed by atoms with van der Waals surface area (Å²) in [5, 5.41) is 1.39. The lowest BCUT2D eigenvalue weighted by Crippen LogP contribution is -2.11. The first-order chi connectivity index (χ1) is 12.6. The number of halogens is 1. The SMILES string of the molecule is COc1ccc2c(=O)c(OCCCCBr)c(-c3ccc(C)cc3)oc2c1. The van der Waals surface area contributed by atoms with Crippen LogP contribution in [-0.4, -0.2) is 19.0 Å². The minimum absolute atomic E-state index is 0.164. The number of hydrogen-bond donors (Lipinski definition) is 0. The summed E-state index contributed by atoms with van der Waals surface area (Å²) >= 11 is 3.41. The van der Waals surface area contributed by atoms with Crippen LogP contribution in [0.1, 0.15) is 18.4 Å². The first kappa shape index (κ1) is 18.5. The van der Waals surface area contributed by atoms with Gasteiger partial charge in [0, 0.05) is 17.0 Å². The largest absolute Gasteiger partial charge is 0.497 e. The van der Waals surface area contributed by atoms with Gasteiger partial charge in [-0.25, -0.2) is 0 Å². The van der Waals surface area contributed by atoms with E-state index in [9.17, 15) is 4.79 Å². The van der Waals surface area contributed by atoms with Gasteiger partial charge in [-0.05, 0) is 31.9 Å². The summed E-state index contributed by atoms with van der Waals surface area (Å²) in [6, 6.07) is 13.0. The van der Waals surface area contributed by atoms with Crippen LogP contribution in [0.25, 0.3) is 22.3 Å². The molecule has 0 aliphatic carbocycles. The molecule has 4 nitrogen and oxygen atoms in total. The molecule has 3 aromatic rings. The number of ether oxygens (including phenoxy) is 2. The second-order valence-electron chi connectivity index (χ2n) is 6.06. The van der Waals surface area contributed by atoms with Crippen molar-refractivity contribution >= 4 is 26.9 Å². The molecule has 26 heavy (non-hydrogen) atoms. The summed E-state index contributed by atoms with van der Waals surface area (Å²) in [6.45, 7) is 2.49. The van der Waals surface area contributed by atoms with Crippen LogP contribution < -0.4 is 14.9 Å². The highest BCUT2D eigenvalue weighted by atomic mass is 79.9. The molecule has 0 fully saturated rings. The Labute approximate surface area is 160 Å². The van der Waals surface area contributed by atoms with E-state index in [-0.39, 0.29) is 11.2 Å². The molecule has 136 valence electrons. The topological polar surface area (TPSA) is 48.7 Å². The van der Waals surface area contributed by atoms with E-state index < -0.39 is 0 Å². The Morgan fingerprint density at radius 1 is 1.08 bits per heavy atom. The zero-order chi connectivity index (χ0) is 18.5. The molecule has 0 radical (unpaired) electrons. The highest BCUT2D eigenvalue weighted by molar-refractivity contribution is 9.09. The van der Waals surface area contributed by atoms with Gasteiger partial charge in [0.15, 0.2) is 5.76 Å². The quantitative estimate of drug-likeness (QED) is 0.385. The Morgan fingerprint density at radius 2 is 1.85 bits per heavy atom. The molecule has 0 saturated heterocycles. The van der Waals surface area contributed by atoms with Gasteiger partial charge in [-0.1, -0.05) is 45.8 Å². The van der Waals surface area contributed by atoms with E-state index in [1.54, 1.807) is 25.3 Å². The van der Waals surface area contributed by atoms with Gasteiger partial charge in [0.2, 0.25) is 11.2 Å². The first-order valence-corrected chi connectivity index (χ1v) is 9.67. The maximum Gasteiger partial charge on any atom is 0.235 e. The van der Waals surface area contributed by atoms with Crippen molar-refractivity contribution in [1.29, 1.82) is 0 Å². The Balaban J connectivity index is 2.13. The zero-order valence-corrected chi connectivity index (χ0v) is 16.5. The third-order valence-corrected chi connectivity index (χ3v) is 4.71. The molecule has 1 heterocycles. The molecule has 0 bridgehead atoms. The van der Waals surface area contributed by atoms with Crippen LogP contribution in [0.3, 0.4) is 0 Å². The number of aryl methyl sites for hydroxylation is 1. The van der Waals surface area contributed by atoms with Crippen molar-refractivity contribution in [1.82, 2.24) is 0 Å². The second-order valence-corrected chi connectivity index (χ2v) is 6.86. The van der Waals surface area contributed by atoms with Crippen molar-refractivity contribution in [2.45, 2.75) is 19.8 Å². The van der Waals surface area contributed by atoms with Crippen molar-refractivity contribution in [3.8, 4) is 22.8 Å². The normalized spacial score (nSPS) is 10.9. The average Bonchev–Trinajstić information content (AvgIpc) is 2.66. The van der Waals surface area contributed by atoms with Crippen molar-refractivity contribution < 1.29 is 13.9 Å². The molecule has 1 aromatic heterocycles. The fourth-order valence-electron chi connectivity index (χ4n) is 2.68. The first-order valence-electron chi connectivity index (χ1n) is 8.54. The highest BCUT2D eigenvalue weighted by Gasteiger charge is 2.18. The molecule has 0 amide bonds. The molecule has 0 unspecified atom stereocenters. The Kier molecular flexibility index (Phi) is 5.99. The van der Waals surface area contributed by atoms with Crippen molar-refractivity contribution in [2.24, 2.45) is 0 Å². The zero-order valence-electron chi connectivity index (χ0n) is 14.9. The van der Waals surface area contributed by atoms with Crippen LogP contribution in [0, 0.1) is 6.92 Å². The Morgan fingerprint density at radius 3 is 2.54 bits per heavy atom. The van der Waals surface area contributed by atoms with E-state index in [0.717, 1.165) is 29.3 Å². The predicted octanol–water partition coefficient (Wildman–Crippen LogP) is 5.33. The highest BCUT2D eigenvalue weighted by Crippen LogP contribution is 2.32. The van der Waals surface area contributed by atoms with Crippen LogP contribution in [0.5, 0.6) is 11.5 Å². The van der Waals surface area contributed by atoms with Crippen molar-refractivity contribution in [2.75, 3.05) is 19.0 Å². The number of fused-ring (bicyclic) bond motifs is 1. The predicted molar refractivity (Wildman–Crippen MR) is 108 cm³/mol. The van der Waals surface area contributed by atoms with Gasteiger partial charge in [-0.2, -0.15) is 0 Å². The molecule has 0 spiro atoms.